The average molecular weight is 317 g/mol. The number of benzene rings is 1. The van der Waals surface area contributed by atoms with Crippen molar-refractivity contribution < 1.29 is 9.59 Å². The van der Waals surface area contributed by atoms with Crippen LogP contribution in [0.2, 0.25) is 0 Å². The van der Waals surface area contributed by atoms with Crippen molar-refractivity contribution in [2.75, 3.05) is 38.5 Å². The minimum atomic E-state index is -0.101. The normalized spacial score (nSPS) is 15.7. The third-order valence-electron chi connectivity index (χ3n) is 4.29. The Balaban J connectivity index is 1.75. The summed E-state index contributed by atoms with van der Waals surface area (Å²) < 4.78 is 0. The topological polar surface area (TPSA) is 52.7 Å². The largest absolute Gasteiger partial charge is 0.342 e. The Morgan fingerprint density at radius 2 is 1.78 bits per heavy atom. The van der Waals surface area contributed by atoms with Gasteiger partial charge >= 0.3 is 0 Å². The van der Waals surface area contributed by atoms with Crippen LogP contribution in [-0.4, -0.2) is 54.8 Å². The number of rotatable bonds is 5. The number of aryl methyl sites for hydroxylation is 1. The summed E-state index contributed by atoms with van der Waals surface area (Å²) in [5, 5.41) is 2.85. The third-order valence-corrected chi connectivity index (χ3v) is 4.29. The summed E-state index contributed by atoms with van der Waals surface area (Å²) in [5.74, 6) is 0.719. The van der Waals surface area contributed by atoms with Crippen molar-refractivity contribution in [1.29, 1.82) is 0 Å². The highest BCUT2D eigenvalue weighted by Gasteiger charge is 2.21. The quantitative estimate of drug-likeness (QED) is 0.905. The number of hydrogen-bond donors (Lipinski definition) is 1. The number of likely N-dealkylation sites (N-methyl/N-ethyl adjacent to an activating group) is 1. The number of carbonyl (C=O) groups is 2. The lowest BCUT2D eigenvalue weighted by molar-refractivity contribution is -0.133. The summed E-state index contributed by atoms with van der Waals surface area (Å²) in [7, 11) is 1.80. The molecule has 23 heavy (non-hydrogen) atoms. The first-order valence-corrected chi connectivity index (χ1v) is 8.27. The molecule has 0 radical (unpaired) electrons. The van der Waals surface area contributed by atoms with Gasteiger partial charge in [0, 0.05) is 18.8 Å². The van der Waals surface area contributed by atoms with Gasteiger partial charge in [-0.2, -0.15) is 0 Å². The minimum absolute atomic E-state index is 0.101. The van der Waals surface area contributed by atoms with Crippen LogP contribution >= 0.6 is 0 Å². The SMILES string of the molecule is Cc1ccc(NC(=O)CN(C)CC(=O)N2CCC(C)CC2)cc1. The van der Waals surface area contributed by atoms with E-state index in [9.17, 15) is 9.59 Å². The number of likely N-dealkylation sites (tertiary alicyclic amines) is 1. The van der Waals surface area contributed by atoms with E-state index in [2.05, 4.69) is 12.2 Å². The van der Waals surface area contributed by atoms with Gasteiger partial charge in [-0.3, -0.25) is 14.5 Å². The average Bonchev–Trinajstić information content (AvgIpc) is 2.50. The molecule has 0 aliphatic carbocycles. The Hall–Kier alpha value is -1.88. The summed E-state index contributed by atoms with van der Waals surface area (Å²) in [5.41, 5.74) is 1.94. The second-order valence-electron chi connectivity index (χ2n) is 6.65. The van der Waals surface area contributed by atoms with E-state index < -0.39 is 0 Å². The molecule has 1 fully saturated rings. The Labute approximate surface area is 138 Å². The number of nitrogens with zero attached hydrogens (tertiary/aromatic N) is 2. The van der Waals surface area contributed by atoms with Crippen molar-refractivity contribution >= 4 is 17.5 Å². The molecule has 1 aliphatic rings. The highest BCUT2D eigenvalue weighted by Crippen LogP contribution is 2.16. The number of carbonyl (C=O) groups excluding carboxylic acids is 2. The number of hydrogen-bond acceptors (Lipinski definition) is 3. The van der Waals surface area contributed by atoms with Gasteiger partial charge < -0.3 is 10.2 Å². The molecule has 2 rings (SSSR count). The maximum atomic E-state index is 12.2. The third kappa shape index (κ3) is 5.67. The van der Waals surface area contributed by atoms with Crippen LogP contribution in [-0.2, 0) is 9.59 Å². The second kappa shape index (κ2) is 8.11. The molecule has 5 heteroatoms. The Morgan fingerprint density at radius 3 is 2.39 bits per heavy atom. The fourth-order valence-electron chi connectivity index (χ4n) is 2.73. The molecule has 0 saturated carbocycles. The first kappa shape index (κ1) is 17.5. The van der Waals surface area contributed by atoms with Gasteiger partial charge in [-0.15, -0.1) is 0 Å². The van der Waals surface area contributed by atoms with Gasteiger partial charge in [-0.25, -0.2) is 0 Å². The molecule has 1 aromatic rings. The van der Waals surface area contributed by atoms with E-state index in [-0.39, 0.29) is 24.9 Å². The van der Waals surface area contributed by atoms with Crippen molar-refractivity contribution in [3.8, 4) is 0 Å². The molecule has 1 aliphatic heterocycles. The van der Waals surface area contributed by atoms with Gasteiger partial charge in [0.15, 0.2) is 0 Å². The van der Waals surface area contributed by atoms with Crippen LogP contribution in [0.5, 0.6) is 0 Å². The molecule has 0 spiro atoms. The molecule has 1 aromatic carbocycles. The predicted molar refractivity (Wildman–Crippen MR) is 92.3 cm³/mol. The fourth-order valence-corrected chi connectivity index (χ4v) is 2.73. The van der Waals surface area contributed by atoms with E-state index in [1.807, 2.05) is 36.1 Å². The molecule has 0 aromatic heterocycles. The molecular formula is C18H27N3O2. The van der Waals surface area contributed by atoms with Gasteiger partial charge in [-0.1, -0.05) is 24.6 Å². The van der Waals surface area contributed by atoms with Crippen molar-refractivity contribution in [2.24, 2.45) is 5.92 Å². The maximum absolute atomic E-state index is 12.2. The molecule has 1 saturated heterocycles. The molecule has 1 heterocycles. The summed E-state index contributed by atoms with van der Waals surface area (Å²) >= 11 is 0. The van der Waals surface area contributed by atoms with E-state index in [0.717, 1.165) is 37.2 Å². The van der Waals surface area contributed by atoms with Crippen molar-refractivity contribution in [3.05, 3.63) is 29.8 Å². The minimum Gasteiger partial charge on any atom is -0.342 e. The van der Waals surface area contributed by atoms with Gasteiger partial charge in [0.05, 0.1) is 13.1 Å². The zero-order valence-electron chi connectivity index (χ0n) is 14.3. The smallest absolute Gasteiger partial charge is 0.238 e. The van der Waals surface area contributed by atoms with Gasteiger partial charge in [0.1, 0.15) is 0 Å². The van der Waals surface area contributed by atoms with Crippen LogP contribution in [0.4, 0.5) is 5.69 Å². The number of anilines is 1. The number of amides is 2. The Morgan fingerprint density at radius 1 is 1.17 bits per heavy atom. The van der Waals surface area contributed by atoms with E-state index >= 15 is 0 Å². The first-order valence-electron chi connectivity index (χ1n) is 8.27. The van der Waals surface area contributed by atoms with Crippen LogP contribution in [0.25, 0.3) is 0 Å². The van der Waals surface area contributed by atoms with Crippen molar-refractivity contribution in [2.45, 2.75) is 26.7 Å². The second-order valence-corrected chi connectivity index (χ2v) is 6.65. The predicted octanol–water partition coefficient (Wildman–Crippen LogP) is 2.12. The van der Waals surface area contributed by atoms with E-state index in [1.165, 1.54) is 0 Å². The van der Waals surface area contributed by atoms with E-state index in [4.69, 9.17) is 0 Å². The molecular weight excluding hydrogens is 290 g/mol. The summed E-state index contributed by atoms with van der Waals surface area (Å²) in [4.78, 5) is 28.0. The molecule has 0 unspecified atom stereocenters. The summed E-state index contributed by atoms with van der Waals surface area (Å²) in [6.07, 6.45) is 2.15. The first-order chi connectivity index (χ1) is 10.9. The lowest BCUT2D eigenvalue weighted by Gasteiger charge is -2.31. The highest BCUT2D eigenvalue weighted by molar-refractivity contribution is 5.92. The van der Waals surface area contributed by atoms with Crippen LogP contribution in [0.15, 0.2) is 24.3 Å². The standard InChI is InChI=1S/C18H27N3O2/c1-14-4-6-16(7-5-14)19-17(22)12-20(3)13-18(23)21-10-8-15(2)9-11-21/h4-7,15H,8-13H2,1-3H3,(H,19,22). The molecule has 2 amide bonds. The molecule has 0 bridgehead atoms. The number of piperidine rings is 1. The van der Waals surface area contributed by atoms with Crippen molar-refractivity contribution in [1.82, 2.24) is 9.80 Å². The van der Waals surface area contributed by atoms with Crippen LogP contribution in [0.1, 0.15) is 25.3 Å². The van der Waals surface area contributed by atoms with Crippen LogP contribution in [0, 0.1) is 12.8 Å². The maximum Gasteiger partial charge on any atom is 0.238 e. The van der Waals surface area contributed by atoms with Gasteiger partial charge in [-0.05, 0) is 44.9 Å². The monoisotopic (exact) mass is 317 g/mol. The zero-order chi connectivity index (χ0) is 16.8. The highest BCUT2D eigenvalue weighted by atomic mass is 16.2. The summed E-state index contributed by atoms with van der Waals surface area (Å²) in [6.45, 7) is 6.40. The molecule has 5 nitrogen and oxygen atoms in total. The number of nitrogens with one attached hydrogen (secondary N) is 1. The van der Waals surface area contributed by atoms with E-state index in [0.29, 0.717) is 5.92 Å². The lowest BCUT2D eigenvalue weighted by atomic mass is 9.99. The lowest BCUT2D eigenvalue weighted by Crippen LogP contribution is -2.44. The molecule has 1 N–H and O–H groups in total. The molecule has 126 valence electrons. The fraction of sp³-hybridized carbons (Fsp3) is 0.556. The Kier molecular flexibility index (Phi) is 6.16. The van der Waals surface area contributed by atoms with Crippen LogP contribution in [0.3, 0.4) is 0 Å². The van der Waals surface area contributed by atoms with Gasteiger partial charge in [0.25, 0.3) is 0 Å². The summed E-state index contributed by atoms with van der Waals surface area (Å²) in [6, 6.07) is 7.68. The van der Waals surface area contributed by atoms with Gasteiger partial charge in [0.2, 0.25) is 11.8 Å². The molecule has 0 atom stereocenters. The van der Waals surface area contributed by atoms with Crippen LogP contribution < -0.4 is 5.32 Å². The zero-order valence-corrected chi connectivity index (χ0v) is 14.3. The van der Waals surface area contributed by atoms with Crippen molar-refractivity contribution in [3.63, 3.8) is 0 Å². The van der Waals surface area contributed by atoms with E-state index in [1.54, 1.807) is 11.9 Å². The Bertz CT molecular complexity index is 534.